The molecule has 4 N–H and O–H groups in total. The third kappa shape index (κ3) is 14.3. The molecule has 3 amide bonds. The summed E-state index contributed by atoms with van der Waals surface area (Å²) >= 11 is 0. The highest BCUT2D eigenvalue weighted by Gasteiger charge is 2.24. The van der Waals surface area contributed by atoms with Gasteiger partial charge in [-0.15, -0.1) is 0 Å². The number of nitrogens with one attached hydrogen (secondary N) is 4. The van der Waals surface area contributed by atoms with E-state index in [0.29, 0.717) is 63.1 Å². The second-order valence-corrected chi connectivity index (χ2v) is 26.6. The van der Waals surface area contributed by atoms with Crippen LogP contribution in [0.25, 0.3) is 33.5 Å². The van der Waals surface area contributed by atoms with E-state index in [1.807, 2.05) is 25.3 Å². The minimum absolute atomic E-state index is 0.125. The summed E-state index contributed by atoms with van der Waals surface area (Å²) in [6.45, 7) is 4.87. The molecule has 0 aliphatic heterocycles. The van der Waals surface area contributed by atoms with E-state index in [2.05, 4.69) is 56.2 Å². The number of carbonyl (C=O) groups is 3. The second-order valence-electron chi connectivity index (χ2n) is 20.8. The van der Waals surface area contributed by atoms with Crippen LogP contribution in [0.1, 0.15) is 67.2 Å². The fraction of sp³-hybridized carbons (Fsp3) is 0.121. The molecule has 7 aromatic heterocycles. The molecule has 24 nitrogen and oxygen atoms in total. The van der Waals surface area contributed by atoms with Crippen LogP contribution >= 0.6 is 0 Å². The topological polar surface area (TPSA) is 319 Å². The fourth-order valence-corrected chi connectivity index (χ4v) is 14.0. The molecular formula is C66H58N14O10S3. The van der Waals surface area contributed by atoms with Crippen LogP contribution < -0.4 is 20.7 Å². The molecule has 13 rings (SSSR count). The van der Waals surface area contributed by atoms with Gasteiger partial charge in [-0.2, -0.15) is 10.2 Å². The van der Waals surface area contributed by atoms with Gasteiger partial charge in [0.05, 0.1) is 59.5 Å². The number of ether oxygens (including phenoxy) is 1. The maximum Gasteiger partial charge on any atom is 0.254 e. The van der Waals surface area contributed by atoms with Crippen LogP contribution in [0.2, 0.25) is 0 Å². The molecule has 0 radical (unpaired) electrons. The van der Waals surface area contributed by atoms with Gasteiger partial charge in [-0.05, 0) is 114 Å². The number of rotatable bonds is 18. The predicted octanol–water partition coefficient (Wildman–Crippen LogP) is 8.55. The molecule has 470 valence electrons. The Morgan fingerprint density at radius 2 is 0.978 bits per heavy atom. The first kappa shape index (κ1) is 63.3. The molecule has 0 aliphatic carbocycles. The van der Waals surface area contributed by atoms with Gasteiger partial charge in [0.2, 0.25) is 41.1 Å². The van der Waals surface area contributed by atoms with Crippen molar-refractivity contribution in [2.45, 2.75) is 69.3 Å². The summed E-state index contributed by atoms with van der Waals surface area (Å²) in [6, 6.07) is 39.6. The number of imidazole rings is 2. The predicted molar refractivity (Wildman–Crippen MR) is 343 cm³/mol. The number of aryl methyl sites for hydroxylation is 2. The number of amides is 3. The number of aromatic amines is 1. The molecule has 0 unspecified atom stereocenters. The van der Waals surface area contributed by atoms with E-state index < -0.39 is 29.5 Å². The first-order valence-electron chi connectivity index (χ1n) is 28.8. The van der Waals surface area contributed by atoms with E-state index in [1.165, 1.54) is 36.8 Å². The van der Waals surface area contributed by atoms with Crippen LogP contribution in [0.5, 0.6) is 5.75 Å². The average molecular weight is 1300 g/mol. The lowest BCUT2D eigenvalue weighted by Gasteiger charge is -2.11. The van der Waals surface area contributed by atoms with Gasteiger partial charge in [-0.3, -0.25) is 33.0 Å². The molecule has 93 heavy (non-hydrogen) atoms. The van der Waals surface area contributed by atoms with Crippen LogP contribution in [0.15, 0.2) is 243 Å². The zero-order valence-corrected chi connectivity index (χ0v) is 52.5. The van der Waals surface area contributed by atoms with Gasteiger partial charge in [0, 0.05) is 99.4 Å². The molecule has 13 aromatic rings. The number of benzene rings is 6. The van der Waals surface area contributed by atoms with Crippen molar-refractivity contribution in [3.05, 3.63) is 253 Å². The van der Waals surface area contributed by atoms with E-state index in [0.717, 1.165) is 33.0 Å². The number of pyridine rings is 1. The summed E-state index contributed by atoms with van der Waals surface area (Å²) in [5.41, 5.74) is 5.59. The van der Waals surface area contributed by atoms with Crippen LogP contribution in [-0.4, -0.2) is 103 Å². The molecular weight excluding hydrogens is 1250 g/mol. The van der Waals surface area contributed by atoms with Crippen molar-refractivity contribution >= 4 is 80.7 Å². The van der Waals surface area contributed by atoms with Crippen LogP contribution in [-0.2, 0) is 62.6 Å². The van der Waals surface area contributed by atoms with Gasteiger partial charge in [0.25, 0.3) is 17.7 Å². The SMILES string of the molecule is CCOc1ccccc1S(=O)(=O)c1ccc(CNC(=O)c2cnc3[nH]ncc3c2)cc1.CCc1ccccc1S(=O)(=O)c1ccc(CNC(=O)c2cnc3nccn3c2)cc1.Cn1cc2ccc(S(=O)(=O)c3ccc(CNC(=O)c4cnc5nccn5c4)cc3)cc2n1. The molecule has 0 aliphatic rings. The number of para-hydroxylation sites is 1. The molecule has 27 heteroatoms. The fourth-order valence-electron chi connectivity index (χ4n) is 9.72. The Kier molecular flexibility index (Phi) is 18.7. The third-order valence-electron chi connectivity index (χ3n) is 14.6. The summed E-state index contributed by atoms with van der Waals surface area (Å²) in [4.78, 5) is 58.9. The Hall–Kier alpha value is -11.3. The average Bonchev–Trinajstić information content (AvgIpc) is 1.86. The summed E-state index contributed by atoms with van der Waals surface area (Å²) in [5, 5.41) is 21.0. The summed E-state index contributed by atoms with van der Waals surface area (Å²) in [7, 11) is -9.21. The van der Waals surface area contributed by atoms with E-state index in [4.69, 9.17) is 4.74 Å². The van der Waals surface area contributed by atoms with Crippen molar-refractivity contribution in [2.24, 2.45) is 7.05 Å². The second kappa shape index (κ2) is 27.4. The molecule has 0 atom stereocenters. The Balaban J connectivity index is 0.000000143. The Bertz CT molecular complexity index is 5250. The number of carbonyl (C=O) groups excluding carboxylic acids is 3. The Morgan fingerprint density at radius 1 is 0.495 bits per heavy atom. The van der Waals surface area contributed by atoms with Crippen molar-refractivity contribution in [1.29, 1.82) is 0 Å². The largest absolute Gasteiger partial charge is 0.493 e. The minimum atomic E-state index is -3.73. The van der Waals surface area contributed by atoms with Crippen LogP contribution in [0, 0.1) is 0 Å². The molecule has 0 saturated heterocycles. The smallest absolute Gasteiger partial charge is 0.254 e. The number of aromatic nitrogens is 11. The maximum atomic E-state index is 13.0. The van der Waals surface area contributed by atoms with Crippen molar-refractivity contribution in [2.75, 3.05) is 6.61 Å². The molecule has 0 saturated carbocycles. The monoisotopic (exact) mass is 1300 g/mol. The van der Waals surface area contributed by atoms with Crippen molar-refractivity contribution in [1.82, 2.24) is 69.6 Å². The summed E-state index contributed by atoms with van der Waals surface area (Å²) in [6.07, 6.45) is 18.4. The van der Waals surface area contributed by atoms with E-state index >= 15 is 0 Å². The van der Waals surface area contributed by atoms with E-state index in [1.54, 1.807) is 186 Å². The Morgan fingerprint density at radius 3 is 1.53 bits per heavy atom. The highest BCUT2D eigenvalue weighted by molar-refractivity contribution is 7.92. The zero-order chi connectivity index (χ0) is 65.3. The van der Waals surface area contributed by atoms with Gasteiger partial charge >= 0.3 is 0 Å². The number of fused-ring (bicyclic) bond motifs is 4. The van der Waals surface area contributed by atoms with Gasteiger partial charge in [0.1, 0.15) is 10.6 Å². The number of nitrogens with zero attached hydrogens (tertiary/aromatic N) is 10. The van der Waals surface area contributed by atoms with Gasteiger partial charge in [0.15, 0.2) is 5.65 Å². The molecule has 6 aromatic carbocycles. The van der Waals surface area contributed by atoms with Gasteiger partial charge in [-0.1, -0.05) is 73.7 Å². The molecule has 0 spiro atoms. The normalized spacial score (nSPS) is 11.6. The molecule has 0 fully saturated rings. The first-order valence-corrected chi connectivity index (χ1v) is 33.3. The van der Waals surface area contributed by atoms with Crippen molar-refractivity contribution in [3.8, 4) is 5.75 Å². The van der Waals surface area contributed by atoms with E-state index in [9.17, 15) is 39.6 Å². The molecule has 0 bridgehead atoms. The third-order valence-corrected chi connectivity index (χ3v) is 20.1. The summed E-state index contributed by atoms with van der Waals surface area (Å²) < 4.78 is 88.4. The minimum Gasteiger partial charge on any atom is -0.493 e. The first-order chi connectivity index (χ1) is 44.9. The highest BCUT2D eigenvalue weighted by Crippen LogP contribution is 2.30. The van der Waals surface area contributed by atoms with E-state index in [-0.39, 0.29) is 61.8 Å². The Labute approximate surface area is 533 Å². The number of hydrogen-bond acceptors (Lipinski definition) is 17. The van der Waals surface area contributed by atoms with Crippen LogP contribution in [0.4, 0.5) is 0 Å². The van der Waals surface area contributed by atoms with Crippen LogP contribution in [0.3, 0.4) is 0 Å². The lowest BCUT2D eigenvalue weighted by atomic mass is 10.2. The van der Waals surface area contributed by atoms with Crippen molar-refractivity contribution < 1.29 is 44.4 Å². The zero-order valence-electron chi connectivity index (χ0n) is 50.0. The molecule has 7 heterocycles. The number of sulfone groups is 3. The van der Waals surface area contributed by atoms with Gasteiger partial charge < -0.3 is 20.7 Å². The van der Waals surface area contributed by atoms with Crippen molar-refractivity contribution in [3.63, 3.8) is 0 Å². The standard InChI is InChI=1S/C22H18N6O3S.C22H20N4O4S.C22H20N4O3S/c1-27-13-16-4-7-19(10-20(16)26-27)32(30,31)18-5-2-15(3-6-18)11-24-21(29)17-12-25-22-23-8-9-28(22)14-17;1-2-30-19-5-3-4-6-20(19)31(28,29)18-9-7-15(8-10-18)12-24-22(27)17-11-16-14-25-26-21(16)23-13-17;1-2-17-5-3-4-6-20(17)30(28,29)19-9-7-16(8-10-19)13-24-21(27)18-14-25-22-23-11-12-26(22)15-18/h2-10,12-14H,11H2,1H3,(H,24,29);3-11,13-14H,2,12H2,1H3,(H,24,27)(H,23,25,26);3-12,14-15H,2,13H2,1H3,(H,24,27). The number of H-pyrrole nitrogens is 1. The summed E-state index contributed by atoms with van der Waals surface area (Å²) in [5.74, 6) is 0.524. The lowest BCUT2D eigenvalue weighted by Crippen LogP contribution is -2.23. The van der Waals surface area contributed by atoms with Gasteiger partial charge in [-0.25, -0.2) is 50.2 Å². The quantitative estimate of drug-likeness (QED) is 0.0625. The maximum absolute atomic E-state index is 13.0. The lowest BCUT2D eigenvalue weighted by molar-refractivity contribution is 0.0942. The number of hydrogen-bond donors (Lipinski definition) is 4. The highest BCUT2D eigenvalue weighted by atomic mass is 32.2.